The summed E-state index contributed by atoms with van der Waals surface area (Å²) in [6, 6.07) is 10.1. The van der Waals surface area contributed by atoms with Crippen LogP contribution in [0.4, 0.5) is 18.0 Å². The van der Waals surface area contributed by atoms with E-state index >= 15 is 0 Å². The van der Waals surface area contributed by atoms with E-state index in [1.54, 1.807) is 48.8 Å². The van der Waals surface area contributed by atoms with Crippen molar-refractivity contribution in [3.8, 4) is 0 Å². The van der Waals surface area contributed by atoms with E-state index in [9.17, 15) is 22.8 Å². The van der Waals surface area contributed by atoms with Crippen LogP contribution in [-0.4, -0.2) is 91.6 Å². The summed E-state index contributed by atoms with van der Waals surface area (Å²) in [5, 5.41) is 3.62. The number of nitrogens with zero attached hydrogens (tertiary/aromatic N) is 3. The number of fused-ring (bicyclic) bond motifs is 3. The number of benzene rings is 2. The average molecular weight is 712 g/mol. The van der Waals surface area contributed by atoms with Crippen LogP contribution in [0.5, 0.6) is 0 Å². The summed E-state index contributed by atoms with van der Waals surface area (Å²) in [5.41, 5.74) is 2.06. The van der Waals surface area contributed by atoms with Crippen LogP contribution < -0.4 is 0 Å². The van der Waals surface area contributed by atoms with Crippen molar-refractivity contribution in [3.05, 3.63) is 87.9 Å². The maximum atomic E-state index is 14.4. The van der Waals surface area contributed by atoms with E-state index < -0.39 is 49.7 Å². The standard InChI is InChI=1S/C33H37ClF3N3O7S/c1-4-43-16-22(17-44-5-2)46-32(42)47-27-18-45-15-9-14-39-30(27)31(41)38(21(3)33(35,36)37)20-40(39)29-23-11-8-12-26(34)25(23)19-48-28-13-7-6-10-24(28)29/h6-14,21-22,29H,4-5,15-20H2,1-3H3/b14-9-,30-27+/t21-,29+/m1/s1. The number of hydrazine groups is 1. The Kier molecular flexibility index (Phi) is 12.0. The van der Waals surface area contributed by atoms with Crippen LogP contribution in [-0.2, 0) is 34.2 Å². The molecule has 15 heteroatoms. The first-order chi connectivity index (χ1) is 23.0. The van der Waals surface area contributed by atoms with Gasteiger partial charge in [-0.05, 0) is 55.7 Å². The molecule has 48 heavy (non-hydrogen) atoms. The van der Waals surface area contributed by atoms with Gasteiger partial charge in [0.2, 0.25) is 0 Å². The number of rotatable bonds is 10. The number of halogens is 4. The molecule has 0 saturated carbocycles. The largest absolute Gasteiger partial charge is 0.514 e. The predicted octanol–water partition coefficient (Wildman–Crippen LogP) is 6.65. The zero-order chi connectivity index (χ0) is 34.4. The lowest BCUT2D eigenvalue weighted by atomic mass is 9.94. The van der Waals surface area contributed by atoms with Gasteiger partial charge in [0.1, 0.15) is 12.6 Å². The van der Waals surface area contributed by atoms with Gasteiger partial charge in [-0.1, -0.05) is 41.9 Å². The first-order valence-electron chi connectivity index (χ1n) is 15.5. The van der Waals surface area contributed by atoms with E-state index in [0.717, 1.165) is 28.5 Å². The first kappa shape index (κ1) is 36.0. The smallest absolute Gasteiger partial charge is 0.426 e. The van der Waals surface area contributed by atoms with Crippen LogP contribution in [0.25, 0.3) is 0 Å². The third kappa shape index (κ3) is 7.95. The molecule has 0 aliphatic carbocycles. The second-order valence-corrected chi connectivity index (χ2v) is 12.5. The highest BCUT2D eigenvalue weighted by Gasteiger charge is 2.50. The van der Waals surface area contributed by atoms with Gasteiger partial charge in [0, 0.05) is 35.1 Å². The Labute approximate surface area is 286 Å². The minimum Gasteiger partial charge on any atom is -0.426 e. The molecule has 1 saturated heterocycles. The number of carbonyl (C=O) groups is 2. The molecule has 2 atom stereocenters. The lowest BCUT2D eigenvalue weighted by Gasteiger charge is -2.49. The Morgan fingerprint density at radius 2 is 1.79 bits per heavy atom. The molecule has 5 rings (SSSR count). The van der Waals surface area contributed by atoms with Gasteiger partial charge < -0.3 is 28.6 Å². The molecule has 0 aromatic heterocycles. The lowest BCUT2D eigenvalue weighted by molar-refractivity contribution is -0.204. The van der Waals surface area contributed by atoms with Crippen molar-refractivity contribution in [3.63, 3.8) is 0 Å². The molecule has 0 radical (unpaired) electrons. The molecule has 3 aliphatic rings. The fourth-order valence-corrected chi connectivity index (χ4v) is 7.05. The van der Waals surface area contributed by atoms with Gasteiger partial charge in [-0.25, -0.2) is 4.79 Å². The molecule has 0 spiro atoms. The SMILES string of the molecule is CCOCC(COCC)OC(=O)O/C1=C2\C(=O)N([C@H](C)C(F)(F)F)CN([C@@H]3c4ccccc4SCc4c(Cl)cccc43)N2/C=C\COC1. The summed E-state index contributed by atoms with van der Waals surface area (Å²) < 4.78 is 70.6. The van der Waals surface area contributed by atoms with Crippen molar-refractivity contribution >= 4 is 35.4 Å². The second kappa shape index (κ2) is 16.0. The second-order valence-electron chi connectivity index (χ2n) is 11.0. The fraction of sp³-hybridized carbons (Fsp3) is 0.455. The van der Waals surface area contributed by atoms with Gasteiger partial charge in [-0.2, -0.15) is 18.2 Å². The molecule has 2 aromatic rings. The average Bonchev–Trinajstić information content (AvgIpc) is 3.21. The van der Waals surface area contributed by atoms with Crippen molar-refractivity contribution in [2.24, 2.45) is 0 Å². The number of amides is 1. The number of thioether (sulfide) groups is 1. The molecule has 0 bridgehead atoms. The van der Waals surface area contributed by atoms with Crippen LogP contribution in [0.3, 0.4) is 0 Å². The summed E-state index contributed by atoms with van der Waals surface area (Å²) in [6.07, 6.45) is -3.62. The Hall–Kier alpha value is -3.27. The van der Waals surface area contributed by atoms with Gasteiger partial charge in [-0.3, -0.25) is 9.80 Å². The maximum absolute atomic E-state index is 14.4. The third-order valence-corrected chi connectivity index (χ3v) is 9.45. The van der Waals surface area contributed by atoms with Crippen molar-refractivity contribution < 1.29 is 46.4 Å². The van der Waals surface area contributed by atoms with Crippen LogP contribution >= 0.6 is 23.4 Å². The molecule has 3 aliphatic heterocycles. The van der Waals surface area contributed by atoms with E-state index in [-0.39, 0.29) is 31.3 Å². The normalized spacial score (nSPS) is 21.4. The van der Waals surface area contributed by atoms with Crippen LogP contribution in [0.15, 0.2) is 71.1 Å². The van der Waals surface area contributed by atoms with Gasteiger partial charge in [0.25, 0.3) is 5.91 Å². The molecule has 3 heterocycles. The third-order valence-electron chi connectivity index (χ3n) is 7.98. The van der Waals surface area contributed by atoms with E-state index in [1.165, 1.54) is 11.2 Å². The van der Waals surface area contributed by atoms with Gasteiger partial charge >= 0.3 is 12.3 Å². The Morgan fingerprint density at radius 3 is 2.50 bits per heavy atom. The molecule has 10 nitrogen and oxygen atoms in total. The maximum Gasteiger partial charge on any atom is 0.514 e. The van der Waals surface area contributed by atoms with Crippen molar-refractivity contribution in [1.82, 2.24) is 14.9 Å². The minimum atomic E-state index is -4.76. The van der Waals surface area contributed by atoms with Crippen molar-refractivity contribution in [2.45, 2.75) is 55.8 Å². The summed E-state index contributed by atoms with van der Waals surface area (Å²) in [4.78, 5) is 29.0. The predicted molar refractivity (Wildman–Crippen MR) is 172 cm³/mol. The quantitative estimate of drug-likeness (QED) is 0.250. The first-order valence-corrected chi connectivity index (χ1v) is 16.8. The van der Waals surface area contributed by atoms with E-state index in [1.807, 2.05) is 30.3 Å². The van der Waals surface area contributed by atoms with Crippen LogP contribution in [0.1, 0.15) is 43.5 Å². The van der Waals surface area contributed by atoms with E-state index in [4.69, 9.17) is 35.3 Å². The molecule has 2 aromatic carbocycles. The number of ether oxygens (including phenoxy) is 5. The highest BCUT2D eigenvalue weighted by molar-refractivity contribution is 7.98. The number of hydrogen-bond donors (Lipinski definition) is 0. The number of alkyl halides is 3. The molecule has 0 N–H and O–H groups in total. The van der Waals surface area contributed by atoms with E-state index in [0.29, 0.717) is 28.9 Å². The Balaban J connectivity index is 1.64. The van der Waals surface area contributed by atoms with Gasteiger partial charge in [0.15, 0.2) is 17.6 Å². The fourth-order valence-electron chi connectivity index (χ4n) is 5.58. The molecule has 0 unspecified atom stereocenters. The highest BCUT2D eigenvalue weighted by atomic mass is 35.5. The van der Waals surface area contributed by atoms with Crippen LogP contribution in [0, 0.1) is 0 Å². The molecule has 1 amide bonds. The Bertz CT molecular complexity index is 1530. The lowest BCUT2D eigenvalue weighted by Crippen LogP contribution is -2.62. The zero-order valence-corrected chi connectivity index (χ0v) is 28.3. The summed E-state index contributed by atoms with van der Waals surface area (Å²) in [5.74, 6) is -0.792. The molecular weight excluding hydrogens is 675 g/mol. The van der Waals surface area contributed by atoms with Crippen LogP contribution in [0.2, 0.25) is 5.02 Å². The molecule has 1 fully saturated rings. The minimum absolute atomic E-state index is 0.0213. The number of carbonyl (C=O) groups excluding carboxylic acids is 2. The molecular formula is C33H37ClF3N3O7S. The van der Waals surface area contributed by atoms with E-state index in [2.05, 4.69) is 0 Å². The molecule has 260 valence electrons. The van der Waals surface area contributed by atoms with Gasteiger partial charge in [0.05, 0.1) is 32.5 Å². The summed E-state index contributed by atoms with van der Waals surface area (Å²) >= 11 is 8.27. The summed E-state index contributed by atoms with van der Waals surface area (Å²) in [6.45, 7) is 4.45. The number of hydrogen-bond acceptors (Lipinski definition) is 10. The van der Waals surface area contributed by atoms with Crippen molar-refractivity contribution in [1.29, 1.82) is 0 Å². The monoisotopic (exact) mass is 711 g/mol. The summed E-state index contributed by atoms with van der Waals surface area (Å²) in [7, 11) is 0. The van der Waals surface area contributed by atoms with Crippen molar-refractivity contribution in [2.75, 3.05) is 46.3 Å². The Morgan fingerprint density at radius 1 is 1.08 bits per heavy atom. The van der Waals surface area contributed by atoms with Gasteiger partial charge in [-0.15, -0.1) is 11.8 Å². The topological polar surface area (TPSA) is 90.0 Å². The zero-order valence-electron chi connectivity index (χ0n) is 26.7. The highest BCUT2D eigenvalue weighted by Crippen LogP contribution is 2.46.